The van der Waals surface area contributed by atoms with E-state index in [-0.39, 0.29) is 0 Å². The van der Waals surface area contributed by atoms with Crippen molar-refractivity contribution < 1.29 is 9.84 Å². The zero-order chi connectivity index (χ0) is 14.7. The van der Waals surface area contributed by atoms with E-state index < -0.39 is 6.10 Å². The molecule has 0 aromatic heterocycles. The topological polar surface area (TPSA) is 29.5 Å². The van der Waals surface area contributed by atoms with Gasteiger partial charge in [-0.2, -0.15) is 0 Å². The second kappa shape index (κ2) is 6.68. The Balaban J connectivity index is 2.27. The maximum Gasteiger partial charge on any atom is 0.124 e. The van der Waals surface area contributed by atoms with Crippen LogP contribution in [0.4, 0.5) is 0 Å². The van der Waals surface area contributed by atoms with Gasteiger partial charge in [0.25, 0.3) is 0 Å². The Hall–Kier alpha value is -0.930. The average molecular weight is 332 g/mol. The molecule has 106 valence electrons. The van der Waals surface area contributed by atoms with Gasteiger partial charge in [0.15, 0.2) is 0 Å². The number of halogens is 3. The van der Waals surface area contributed by atoms with Gasteiger partial charge in [-0.25, -0.2) is 0 Å². The molecule has 0 saturated carbocycles. The summed E-state index contributed by atoms with van der Waals surface area (Å²) < 4.78 is 5.24. The summed E-state index contributed by atoms with van der Waals surface area (Å²) in [5.74, 6) is 0.590. The van der Waals surface area contributed by atoms with E-state index in [4.69, 9.17) is 39.5 Å². The first-order valence-corrected chi connectivity index (χ1v) is 7.10. The van der Waals surface area contributed by atoms with Gasteiger partial charge in [-0.1, -0.05) is 40.9 Å². The zero-order valence-electron chi connectivity index (χ0n) is 10.7. The molecule has 0 radical (unpaired) electrons. The molecule has 2 rings (SSSR count). The summed E-state index contributed by atoms with van der Waals surface area (Å²) in [7, 11) is 1.55. The number of aliphatic hydroxyl groups excluding tert-OH is 1. The van der Waals surface area contributed by atoms with Crippen molar-refractivity contribution in [3.63, 3.8) is 0 Å². The molecule has 0 aliphatic carbocycles. The third-order valence-electron chi connectivity index (χ3n) is 2.98. The largest absolute Gasteiger partial charge is 0.496 e. The molecule has 2 aromatic rings. The summed E-state index contributed by atoms with van der Waals surface area (Å²) in [6.45, 7) is 0. The second-order valence-electron chi connectivity index (χ2n) is 4.34. The molecule has 0 bridgehead atoms. The van der Waals surface area contributed by atoms with E-state index in [1.165, 1.54) is 0 Å². The Bertz CT molecular complexity index is 614. The van der Waals surface area contributed by atoms with E-state index in [0.717, 1.165) is 5.56 Å². The maximum absolute atomic E-state index is 10.4. The van der Waals surface area contributed by atoms with Crippen LogP contribution in [0.2, 0.25) is 15.1 Å². The van der Waals surface area contributed by atoms with Crippen molar-refractivity contribution in [2.45, 2.75) is 12.5 Å². The van der Waals surface area contributed by atoms with E-state index in [1.807, 2.05) is 0 Å². The quantitative estimate of drug-likeness (QED) is 0.860. The Morgan fingerprint density at radius 3 is 2.35 bits per heavy atom. The van der Waals surface area contributed by atoms with Crippen LogP contribution in [0.5, 0.6) is 5.75 Å². The summed E-state index contributed by atoms with van der Waals surface area (Å²) in [5, 5.41) is 12.0. The van der Waals surface area contributed by atoms with Crippen LogP contribution in [-0.2, 0) is 6.42 Å². The lowest BCUT2D eigenvalue weighted by Crippen LogP contribution is -2.04. The summed E-state index contributed by atoms with van der Waals surface area (Å²) >= 11 is 17.9. The number of rotatable bonds is 4. The Morgan fingerprint density at radius 1 is 1.05 bits per heavy atom. The highest BCUT2D eigenvalue weighted by molar-refractivity contribution is 6.35. The molecule has 0 aliphatic heterocycles. The summed E-state index contributed by atoms with van der Waals surface area (Å²) in [6.07, 6.45) is -0.408. The van der Waals surface area contributed by atoms with Gasteiger partial charge in [0, 0.05) is 27.1 Å². The first kappa shape index (κ1) is 15.5. The van der Waals surface area contributed by atoms with Gasteiger partial charge in [-0.15, -0.1) is 0 Å². The molecule has 0 spiro atoms. The van der Waals surface area contributed by atoms with Crippen LogP contribution in [0.3, 0.4) is 0 Å². The van der Waals surface area contributed by atoms with E-state index in [9.17, 15) is 5.11 Å². The van der Waals surface area contributed by atoms with Crippen LogP contribution in [0.15, 0.2) is 36.4 Å². The van der Waals surface area contributed by atoms with Crippen molar-refractivity contribution in [2.75, 3.05) is 7.11 Å². The van der Waals surface area contributed by atoms with Crippen molar-refractivity contribution in [3.05, 3.63) is 62.6 Å². The highest BCUT2D eigenvalue weighted by Gasteiger charge is 2.16. The van der Waals surface area contributed by atoms with Crippen molar-refractivity contribution in [1.29, 1.82) is 0 Å². The molecule has 1 atom stereocenters. The molecule has 0 heterocycles. The molecule has 20 heavy (non-hydrogen) atoms. The minimum Gasteiger partial charge on any atom is -0.496 e. The minimum absolute atomic E-state index is 0.354. The molecule has 1 unspecified atom stereocenters. The minimum atomic E-state index is -0.762. The summed E-state index contributed by atoms with van der Waals surface area (Å²) in [5.41, 5.74) is 1.44. The van der Waals surface area contributed by atoms with Gasteiger partial charge in [0.05, 0.1) is 13.2 Å². The summed E-state index contributed by atoms with van der Waals surface area (Å²) in [6, 6.07) is 10.3. The third kappa shape index (κ3) is 3.58. The van der Waals surface area contributed by atoms with Crippen molar-refractivity contribution in [2.24, 2.45) is 0 Å². The fourth-order valence-electron chi connectivity index (χ4n) is 1.97. The first-order valence-electron chi connectivity index (χ1n) is 5.96. The lowest BCUT2D eigenvalue weighted by Gasteiger charge is -2.16. The zero-order valence-corrected chi connectivity index (χ0v) is 13.0. The Morgan fingerprint density at radius 2 is 1.70 bits per heavy atom. The van der Waals surface area contributed by atoms with E-state index in [2.05, 4.69) is 0 Å². The lowest BCUT2D eigenvalue weighted by molar-refractivity contribution is 0.174. The normalized spacial score (nSPS) is 12.2. The van der Waals surface area contributed by atoms with Crippen LogP contribution >= 0.6 is 34.8 Å². The molecule has 5 heteroatoms. The average Bonchev–Trinajstić information content (AvgIpc) is 2.41. The molecular weight excluding hydrogens is 319 g/mol. The van der Waals surface area contributed by atoms with E-state index in [0.29, 0.717) is 32.8 Å². The molecule has 2 aromatic carbocycles. The van der Waals surface area contributed by atoms with Crippen molar-refractivity contribution in [3.8, 4) is 5.75 Å². The second-order valence-corrected chi connectivity index (χ2v) is 5.62. The Labute approximate surface area is 132 Å². The van der Waals surface area contributed by atoms with Crippen LogP contribution in [0.1, 0.15) is 17.2 Å². The number of hydrogen-bond acceptors (Lipinski definition) is 2. The lowest BCUT2D eigenvalue weighted by atomic mass is 10.0. The van der Waals surface area contributed by atoms with Gasteiger partial charge in [0.1, 0.15) is 5.75 Å². The van der Waals surface area contributed by atoms with Gasteiger partial charge in [-0.3, -0.25) is 0 Å². The van der Waals surface area contributed by atoms with Crippen molar-refractivity contribution >= 4 is 34.8 Å². The predicted octanol–water partition coefficient (Wildman–Crippen LogP) is 4.93. The van der Waals surface area contributed by atoms with E-state index in [1.54, 1.807) is 43.5 Å². The monoisotopic (exact) mass is 330 g/mol. The van der Waals surface area contributed by atoms with Gasteiger partial charge < -0.3 is 9.84 Å². The number of ether oxygens (including phenoxy) is 1. The molecule has 1 N–H and O–H groups in total. The highest BCUT2D eigenvalue weighted by Crippen LogP contribution is 2.32. The Kier molecular flexibility index (Phi) is 5.17. The van der Waals surface area contributed by atoms with Crippen LogP contribution in [-0.4, -0.2) is 12.2 Å². The molecule has 0 aliphatic rings. The van der Waals surface area contributed by atoms with Crippen LogP contribution in [0.25, 0.3) is 0 Å². The van der Waals surface area contributed by atoms with E-state index >= 15 is 0 Å². The number of benzene rings is 2. The number of hydrogen-bond donors (Lipinski definition) is 1. The molecule has 0 saturated heterocycles. The smallest absolute Gasteiger partial charge is 0.124 e. The summed E-state index contributed by atoms with van der Waals surface area (Å²) in [4.78, 5) is 0. The molecular formula is C15H13Cl3O2. The van der Waals surface area contributed by atoms with Crippen LogP contribution in [0, 0.1) is 0 Å². The SMILES string of the molecule is COc1ccc(Cl)cc1C(O)Cc1ccc(Cl)cc1Cl. The molecule has 2 nitrogen and oxygen atoms in total. The van der Waals surface area contributed by atoms with Gasteiger partial charge in [-0.05, 0) is 35.9 Å². The van der Waals surface area contributed by atoms with Gasteiger partial charge in [0.2, 0.25) is 0 Å². The number of aliphatic hydroxyl groups is 1. The fraction of sp³-hybridized carbons (Fsp3) is 0.200. The van der Waals surface area contributed by atoms with Gasteiger partial charge >= 0.3 is 0 Å². The molecule has 0 fully saturated rings. The predicted molar refractivity (Wildman–Crippen MR) is 83.1 cm³/mol. The molecule has 0 amide bonds. The van der Waals surface area contributed by atoms with Crippen LogP contribution < -0.4 is 4.74 Å². The van der Waals surface area contributed by atoms with Crippen molar-refractivity contribution in [1.82, 2.24) is 0 Å². The number of methoxy groups -OCH3 is 1. The fourth-order valence-corrected chi connectivity index (χ4v) is 2.64. The first-order chi connectivity index (χ1) is 9.51. The maximum atomic E-state index is 10.4. The highest BCUT2D eigenvalue weighted by atomic mass is 35.5. The third-order valence-corrected chi connectivity index (χ3v) is 3.80. The standard InChI is InChI=1S/C15H13Cl3O2/c1-20-15-5-4-10(16)7-12(15)14(19)6-9-2-3-11(17)8-13(9)18/h2-5,7-8,14,19H,6H2,1H3.